The van der Waals surface area contributed by atoms with Gasteiger partial charge in [0.05, 0.1) is 13.7 Å². The minimum Gasteiger partial charge on any atom is -0.497 e. The molecule has 0 unspecified atom stereocenters. The lowest BCUT2D eigenvalue weighted by atomic mass is 10.1. The van der Waals surface area contributed by atoms with Crippen molar-refractivity contribution in [3.63, 3.8) is 0 Å². The van der Waals surface area contributed by atoms with Crippen LogP contribution in [0.3, 0.4) is 0 Å². The maximum absolute atomic E-state index is 5.82. The van der Waals surface area contributed by atoms with E-state index in [0.717, 1.165) is 47.7 Å². The molecule has 0 saturated heterocycles. The van der Waals surface area contributed by atoms with Crippen LogP contribution in [0.2, 0.25) is 0 Å². The number of aromatic nitrogens is 1. The number of aromatic amines is 1. The van der Waals surface area contributed by atoms with E-state index in [4.69, 9.17) is 9.47 Å². The maximum Gasteiger partial charge on any atom is 0.120 e. The lowest BCUT2D eigenvalue weighted by molar-refractivity contribution is 0.310. The molecular weight excluding hydrogens is 286 g/mol. The minimum absolute atomic E-state index is 0.775. The fourth-order valence-electron chi connectivity index (χ4n) is 2.78. The smallest absolute Gasteiger partial charge is 0.120 e. The number of methoxy groups -OCH3 is 1. The average Bonchev–Trinajstić information content (AvgIpc) is 2.92. The van der Waals surface area contributed by atoms with Gasteiger partial charge in [0.15, 0.2) is 0 Å². The first kappa shape index (κ1) is 15.5. The molecule has 23 heavy (non-hydrogen) atoms. The van der Waals surface area contributed by atoms with E-state index in [-0.39, 0.29) is 0 Å². The molecule has 3 rings (SSSR count). The average molecular weight is 309 g/mol. The molecule has 0 aliphatic carbocycles. The van der Waals surface area contributed by atoms with Gasteiger partial charge in [0, 0.05) is 16.6 Å². The van der Waals surface area contributed by atoms with Gasteiger partial charge in [0.2, 0.25) is 0 Å². The first-order valence-electron chi connectivity index (χ1n) is 8.12. The van der Waals surface area contributed by atoms with Gasteiger partial charge in [-0.05, 0) is 66.9 Å². The molecular formula is C20H23NO2. The molecule has 1 heterocycles. The third kappa shape index (κ3) is 3.19. The first-order valence-corrected chi connectivity index (χ1v) is 8.12. The quantitative estimate of drug-likeness (QED) is 0.624. The van der Waals surface area contributed by atoms with Crippen molar-refractivity contribution in [2.45, 2.75) is 26.7 Å². The van der Waals surface area contributed by atoms with E-state index in [1.165, 1.54) is 10.9 Å². The fourth-order valence-corrected chi connectivity index (χ4v) is 2.78. The molecule has 2 aromatic carbocycles. The predicted molar refractivity (Wildman–Crippen MR) is 95.4 cm³/mol. The van der Waals surface area contributed by atoms with E-state index in [0.29, 0.717) is 0 Å². The zero-order valence-electron chi connectivity index (χ0n) is 14.0. The second-order valence-corrected chi connectivity index (χ2v) is 5.76. The second kappa shape index (κ2) is 6.78. The summed E-state index contributed by atoms with van der Waals surface area (Å²) >= 11 is 0. The van der Waals surface area contributed by atoms with E-state index in [1.54, 1.807) is 7.11 Å². The van der Waals surface area contributed by atoms with Gasteiger partial charge in [-0.15, -0.1) is 0 Å². The van der Waals surface area contributed by atoms with Gasteiger partial charge in [-0.3, -0.25) is 0 Å². The number of nitrogens with one attached hydrogen (secondary N) is 1. The Balaban J connectivity index is 1.94. The lowest BCUT2D eigenvalue weighted by Crippen LogP contribution is -1.95. The highest BCUT2D eigenvalue weighted by Gasteiger charge is 2.10. The van der Waals surface area contributed by atoms with Crippen LogP contribution in [0, 0.1) is 6.92 Å². The van der Waals surface area contributed by atoms with Gasteiger partial charge >= 0.3 is 0 Å². The van der Waals surface area contributed by atoms with Crippen molar-refractivity contribution < 1.29 is 9.47 Å². The van der Waals surface area contributed by atoms with Crippen molar-refractivity contribution in [1.29, 1.82) is 0 Å². The predicted octanol–water partition coefficient (Wildman–Crippen LogP) is 5.33. The van der Waals surface area contributed by atoms with Crippen LogP contribution in [0.15, 0.2) is 42.5 Å². The lowest BCUT2D eigenvalue weighted by Gasteiger charge is -2.05. The fraction of sp³-hybridized carbons (Fsp3) is 0.300. The summed E-state index contributed by atoms with van der Waals surface area (Å²) in [5.74, 6) is 1.81. The Morgan fingerprint density at radius 1 is 1.00 bits per heavy atom. The molecule has 0 atom stereocenters. The number of H-pyrrole nitrogens is 1. The summed E-state index contributed by atoms with van der Waals surface area (Å²) in [5, 5.41) is 1.21. The summed E-state index contributed by atoms with van der Waals surface area (Å²) in [6, 6.07) is 14.4. The number of rotatable bonds is 6. The number of hydrogen-bond acceptors (Lipinski definition) is 2. The second-order valence-electron chi connectivity index (χ2n) is 5.76. The summed E-state index contributed by atoms with van der Waals surface area (Å²) in [5.41, 5.74) is 4.68. The highest BCUT2D eigenvalue weighted by atomic mass is 16.5. The van der Waals surface area contributed by atoms with E-state index in [2.05, 4.69) is 43.1 Å². The van der Waals surface area contributed by atoms with Gasteiger partial charge in [0.1, 0.15) is 11.5 Å². The standard InChI is InChI=1S/C20H23NO2/c1-4-5-12-23-17-10-11-19-18(13-17)14(2)20(21-19)15-6-8-16(22-3)9-7-15/h6-11,13,21H,4-5,12H2,1-3H3. The monoisotopic (exact) mass is 309 g/mol. The first-order chi connectivity index (χ1) is 11.2. The minimum atomic E-state index is 0.775. The summed E-state index contributed by atoms with van der Waals surface area (Å²) in [6.45, 7) is 5.09. The Kier molecular flexibility index (Phi) is 4.56. The van der Waals surface area contributed by atoms with Crippen molar-refractivity contribution in [2.24, 2.45) is 0 Å². The third-order valence-corrected chi connectivity index (χ3v) is 4.18. The van der Waals surface area contributed by atoms with Crippen LogP contribution in [0.25, 0.3) is 22.2 Å². The molecule has 3 aromatic rings. The molecule has 3 heteroatoms. The zero-order valence-corrected chi connectivity index (χ0v) is 14.0. The Hall–Kier alpha value is -2.42. The van der Waals surface area contributed by atoms with Crippen molar-refractivity contribution in [2.75, 3.05) is 13.7 Å². The largest absolute Gasteiger partial charge is 0.497 e. The SMILES string of the molecule is CCCCOc1ccc2[nH]c(-c3ccc(OC)cc3)c(C)c2c1. The number of hydrogen-bond donors (Lipinski definition) is 1. The molecule has 0 spiro atoms. The molecule has 0 bridgehead atoms. The van der Waals surface area contributed by atoms with Crippen LogP contribution in [0.1, 0.15) is 25.3 Å². The maximum atomic E-state index is 5.82. The Labute approximate surface area is 137 Å². The van der Waals surface area contributed by atoms with E-state index in [9.17, 15) is 0 Å². The zero-order chi connectivity index (χ0) is 16.2. The molecule has 1 N–H and O–H groups in total. The topological polar surface area (TPSA) is 34.2 Å². The van der Waals surface area contributed by atoms with Crippen molar-refractivity contribution in [3.8, 4) is 22.8 Å². The summed E-state index contributed by atoms with van der Waals surface area (Å²) in [4.78, 5) is 3.52. The highest BCUT2D eigenvalue weighted by molar-refractivity contribution is 5.91. The van der Waals surface area contributed by atoms with Crippen LogP contribution >= 0.6 is 0 Å². The van der Waals surface area contributed by atoms with Gasteiger partial charge in [0.25, 0.3) is 0 Å². The van der Waals surface area contributed by atoms with Crippen molar-refractivity contribution in [3.05, 3.63) is 48.0 Å². The Bertz CT molecular complexity index is 787. The Morgan fingerprint density at radius 2 is 1.74 bits per heavy atom. The van der Waals surface area contributed by atoms with E-state index in [1.807, 2.05) is 18.2 Å². The van der Waals surface area contributed by atoms with Gasteiger partial charge < -0.3 is 14.5 Å². The third-order valence-electron chi connectivity index (χ3n) is 4.18. The van der Waals surface area contributed by atoms with Crippen molar-refractivity contribution >= 4 is 10.9 Å². The molecule has 120 valence electrons. The molecule has 0 aliphatic heterocycles. The number of benzene rings is 2. The highest BCUT2D eigenvalue weighted by Crippen LogP contribution is 2.32. The van der Waals surface area contributed by atoms with Gasteiger partial charge in [-0.1, -0.05) is 13.3 Å². The van der Waals surface area contributed by atoms with Gasteiger partial charge in [-0.25, -0.2) is 0 Å². The molecule has 0 amide bonds. The molecule has 0 saturated carbocycles. The van der Waals surface area contributed by atoms with Crippen LogP contribution in [0.4, 0.5) is 0 Å². The molecule has 1 aromatic heterocycles. The molecule has 0 radical (unpaired) electrons. The van der Waals surface area contributed by atoms with Crippen molar-refractivity contribution in [1.82, 2.24) is 4.98 Å². The summed E-state index contributed by atoms with van der Waals surface area (Å²) in [6.07, 6.45) is 2.23. The number of aryl methyl sites for hydroxylation is 1. The van der Waals surface area contributed by atoms with Crippen LogP contribution in [0.5, 0.6) is 11.5 Å². The van der Waals surface area contributed by atoms with Crippen LogP contribution in [-0.2, 0) is 0 Å². The summed E-state index contributed by atoms with van der Waals surface area (Å²) < 4.78 is 11.1. The van der Waals surface area contributed by atoms with Crippen LogP contribution in [-0.4, -0.2) is 18.7 Å². The summed E-state index contributed by atoms with van der Waals surface area (Å²) in [7, 11) is 1.68. The van der Waals surface area contributed by atoms with E-state index >= 15 is 0 Å². The molecule has 0 aliphatic rings. The molecule has 0 fully saturated rings. The number of ether oxygens (including phenoxy) is 2. The van der Waals surface area contributed by atoms with Gasteiger partial charge in [-0.2, -0.15) is 0 Å². The molecule has 3 nitrogen and oxygen atoms in total. The number of fused-ring (bicyclic) bond motifs is 1. The normalized spacial score (nSPS) is 10.9. The number of unbranched alkanes of at least 4 members (excludes halogenated alkanes) is 1. The van der Waals surface area contributed by atoms with E-state index < -0.39 is 0 Å². The van der Waals surface area contributed by atoms with Crippen LogP contribution < -0.4 is 9.47 Å². The Morgan fingerprint density at radius 3 is 2.43 bits per heavy atom.